The highest BCUT2D eigenvalue weighted by Crippen LogP contribution is 2.18. The van der Waals surface area contributed by atoms with Crippen molar-refractivity contribution in [2.45, 2.75) is 32.6 Å². The topological polar surface area (TPSA) is 58.2 Å². The van der Waals surface area contributed by atoms with Gasteiger partial charge in [-0.25, -0.2) is 0 Å². The lowest BCUT2D eigenvalue weighted by Crippen LogP contribution is -2.32. The van der Waals surface area contributed by atoms with Gasteiger partial charge in [0.15, 0.2) is 0 Å². The maximum Gasteiger partial charge on any atom is 0.227 e. The Morgan fingerprint density at radius 1 is 1.11 bits per heavy atom. The van der Waals surface area contributed by atoms with E-state index < -0.39 is 0 Å². The summed E-state index contributed by atoms with van der Waals surface area (Å²) in [5.74, 6) is -0.0828. The molecule has 0 bridgehead atoms. The smallest absolute Gasteiger partial charge is 0.227 e. The molecule has 4 nitrogen and oxygen atoms in total. The first-order chi connectivity index (χ1) is 9.15. The van der Waals surface area contributed by atoms with E-state index in [-0.39, 0.29) is 17.7 Å². The van der Waals surface area contributed by atoms with Crippen molar-refractivity contribution < 1.29 is 9.59 Å². The molecule has 0 saturated heterocycles. The number of rotatable bonds is 7. The van der Waals surface area contributed by atoms with Gasteiger partial charge in [-0.15, -0.1) is 0 Å². The second-order valence-electron chi connectivity index (χ2n) is 4.50. The van der Waals surface area contributed by atoms with Crippen LogP contribution in [-0.4, -0.2) is 24.9 Å². The molecule has 0 heterocycles. The molecule has 0 spiro atoms. The summed E-state index contributed by atoms with van der Waals surface area (Å²) in [6, 6.07) is 9.79. The van der Waals surface area contributed by atoms with Gasteiger partial charge in [0.1, 0.15) is 0 Å². The van der Waals surface area contributed by atoms with E-state index in [2.05, 4.69) is 10.6 Å². The molecule has 104 valence electrons. The average molecular weight is 262 g/mol. The molecular formula is C15H22N2O2. The number of nitrogens with one attached hydrogen (secondary N) is 2. The lowest BCUT2D eigenvalue weighted by Gasteiger charge is -2.15. The monoisotopic (exact) mass is 262 g/mol. The van der Waals surface area contributed by atoms with Crippen molar-refractivity contribution in [1.82, 2.24) is 10.6 Å². The first-order valence-electron chi connectivity index (χ1n) is 6.72. The average Bonchev–Trinajstić information content (AvgIpc) is 2.40. The van der Waals surface area contributed by atoms with Crippen LogP contribution in [0.1, 0.15) is 38.2 Å². The highest BCUT2D eigenvalue weighted by atomic mass is 16.2. The molecule has 1 atom stereocenters. The summed E-state index contributed by atoms with van der Waals surface area (Å²) in [5, 5.41) is 5.62. The van der Waals surface area contributed by atoms with E-state index >= 15 is 0 Å². The fraction of sp³-hybridized carbons (Fsp3) is 0.467. The molecule has 0 saturated carbocycles. The third-order valence-corrected chi connectivity index (χ3v) is 2.95. The van der Waals surface area contributed by atoms with Crippen LogP contribution in [0.25, 0.3) is 0 Å². The van der Waals surface area contributed by atoms with Crippen LogP contribution in [-0.2, 0) is 9.59 Å². The summed E-state index contributed by atoms with van der Waals surface area (Å²) in [7, 11) is 0. The minimum atomic E-state index is -0.0954. The predicted molar refractivity (Wildman–Crippen MR) is 75.8 cm³/mol. The van der Waals surface area contributed by atoms with E-state index in [1.807, 2.05) is 37.3 Å². The van der Waals surface area contributed by atoms with Crippen LogP contribution in [0.4, 0.5) is 0 Å². The maximum absolute atomic E-state index is 12.1. The molecule has 0 aromatic heterocycles. The van der Waals surface area contributed by atoms with Crippen LogP contribution in [0.2, 0.25) is 0 Å². The van der Waals surface area contributed by atoms with Crippen LogP contribution < -0.4 is 10.6 Å². The van der Waals surface area contributed by atoms with Crippen LogP contribution in [0.5, 0.6) is 0 Å². The minimum absolute atomic E-state index is 0.0398. The SMILES string of the molecule is CC[C@@H](C(=O)NCCCNC(C)=O)c1ccccc1. The van der Waals surface area contributed by atoms with Crippen molar-refractivity contribution in [2.75, 3.05) is 13.1 Å². The highest BCUT2D eigenvalue weighted by molar-refractivity contribution is 5.83. The number of hydrogen-bond acceptors (Lipinski definition) is 2. The van der Waals surface area contributed by atoms with Crippen LogP contribution in [0.15, 0.2) is 30.3 Å². The molecule has 19 heavy (non-hydrogen) atoms. The summed E-state index contributed by atoms with van der Waals surface area (Å²) in [4.78, 5) is 22.8. The van der Waals surface area contributed by atoms with Crippen LogP contribution >= 0.6 is 0 Å². The Morgan fingerprint density at radius 3 is 2.32 bits per heavy atom. The van der Waals surface area contributed by atoms with Gasteiger partial charge in [-0.2, -0.15) is 0 Å². The zero-order valence-corrected chi connectivity index (χ0v) is 11.6. The number of hydrogen-bond donors (Lipinski definition) is 2. The number of benzene rings is 1. The molecule has 0 radical (unpaired) electrons. The van der Waals surface area contributed by atoms with Gasteiger partial charge in [-0.1, -0.05) is 37.3 Å². The molecule has 0 fully saturated rings. The third kappa shape index (κ3) is 5.55. The Hall–Kier alpha value is -1.84. The van der Waals surface area contributed by atoms with Crippen LogP contribution in [0, 0.1) is 0 Å². The number of carbonyl (C=O) groups is 2. The van der Waals surface area contributed by atoms with Gasteiger partial charge >= 0.3 is 0 Å². The van der Waals surface area contributed by atoms with Gasteiger partial charge in [-0.3, -0.25) is 9.59 Å². The molecule has 0 aliphatic carbocycles. The van der Waals surface area contributed by atoms with E-state index in [4.69, 9.17) is 0 Å². The van der Waals surface area contributed by atoms with Crippen molar-refractivity contribution in [3.63, 3.8) is 0 Å². The lowest BCUT2D eigenvalue weighted by molar-refractivity contribution is -0.122. The summed E-state index contributed by atoms with van der Waals surface area (Å²) in [5.41, 5.74) is 1.05. The first kappa shape index (κ1) is 15.2. The minimum Gasteiger partial charge on any atom is -0.356 e. The fourth-order valence-corrected chi connectivity index (χ4v) is 1.95. The molecule has 1 aromatic carbocycles. The first-order valence-corrected chi connectivity index (χ1v) is 6.72. The lowest BCUT2D eigenvalue weighted by atomic mass is 9.96. The molecule has 1 rings (SSSR count). The summed E-state index contributed by atoms with van der Waals surface area (Å²) >= 11 is 0. The molecule has 1 aromatic rings. The Morgan fingerprint density at radius 2 is 1.74 bits per heavy atom. The standard InChI is InChI=1S/C15H22N2O2/c1-3-14(13-8-5-4-6-9-13)15(19)17-11-7-10-16-12(2)18/h4-6,8-9,14H,3,7,10-11H2,1-2H3,(H,16,18)(H,17,19)/t14-/m1/s1. The van der Waals surface area contributed by atoms with Crippen molar-refractivity contribution in [1.29, 1.82) is 0 Å². The van der Waals surface area contributed by atoms with Crippen molar-refractivity contribution in [2.24, 2.45) is 0 Å². The Kier molecular flexibility index (Phi) is 6.64. The quantitative estimate of drug-likeness (QED) is 0.736. The van der Waals surface area contributed by atoms with Crippen molar-refractivity contribution in [3.8, 4) is 0 Å². The molecular weight excluding hydrogens is 240 g/mol. The molecule has 0 unspecified atom stereocenters. The van der Waals surface area contributed by atoms with Crippen LogP contribution in [0.3, 0.4) is 0 Å². The number of amides is 2. The molecule has 4 heteroatoms. The molecule has 2 N–H and O–H groups in total. The number of carbonyl (C=O) groups excluding carboxylic acids is 2. The Balaban J connectivity index is 2.37. The highest BCUT2D eigenvalue weighted by Gasteiger charge is 2.17. The normalized spacial score (nSPS) is 11.7. The summed E-state index contributed by atoms with van der Waals surface area (Å²) < 4.78 is 0. The zero-order chi connectivity index (χ0) is 14.1. The molecule has 0 aliphatic rings. The van der Waals surface area contributed by atoms with Gasteiger partial charge in [0, 0.05) is 20.0 Å². The van der Waals surface area contributed by atoms with E-state index in [0.717, 1.165) is 18.4 Å². The fourth-order valence-electron chi connectivity index (χ4n) is 1.95. The van der Waals surface area contributed by atoms with E-state index in [1.165, 1.54) is 6.92 Å². The van der Waals surface area contributed by atoms with E-state index in [0.29, 0.717) is 13.1 Å². The largest absolute Gasteiger partial charge is 0.356 e. The third-order valence-electron chi connectivity index (χ3n) is 2.95. The van der Waals surface area contributed by atoms with Gasteiger partial charge in [0.2, 0.25) is 11.8 Å². The Labute approximate surface area is 114 Å². The Bertz CT molecular complexity index is 404. The summed E-state index contributed by atoms with van der Waals surface area (Å²) in [6.07, 6.45) is 1.53. The maximum atomic E-state index is 12.1. The van der Waals surface area contributed by atoms with E-state index in [9.17, 15) is 9.59 Å². The molecule has 0 aliphatic heterocycles. The molecule has 2 amide bonds. The van der Waals surface area contributed by atoms with Crippen molar-refractivity contribution in [3.05, 3.63) is 35.9 Å². The predicted octanol–water partition coefficient (Wildman–Crippen LogP) is 1.82. The zero-order valence-electron chi connectivity index (χ0n) is 11.6. The van der Waals surface area contributed by atoms with E-state index in [1.54, 1.807) is 0 Å². The van der Waals surface area contributed by atoms with Gasteiger partial charge in [0.05, 0.1) is 5.92 Å². The second kappa shape index (κ2) is 8.29. The summed E-state index contributed by atoms with van der Waals surface area (Å²) in [6.45, 7) is 4.68. The van der Waals surface area contributed by atoms with Gasteiger partial charge < -0.3 is 10.6 Å². The van der Waals surface area contributed by atoms with Gasteiger partial charge in [0.25, 0.3) is 0 Å². The van der Waals surface area contributed by atoms with Crippen molar-refractivity contribution >= 4 is 11.8 Å². The second-order valence-corrected chi connectivity index (χ2v) is 4.50. The van der Waals surface area contributed by atoms with Gasteiger partial charge in [-0.05, 0) is 18.4 Å².